The molecule has 2 aliphatic carbocycles. The van der Waals surface area contributed by atoms with Gasteiger partial charge in [-0.25, -0.2) is 9.88 Å². The Kier molecular flexibility index (Phi) is 1.54. The fraction of sp³-hybridized carbons (Fsp3) is 0.417. The second-order valence-electron chi connectivity index (χ2n) is 4.92. The summed E-state index contributed by atoms with van der Waals surface area (Å²) in [6.45, 7) is 0. The van der Waals surface area contributed by atoms with E-state index >= 15 is 0 Å². The maximum absolute atomic E-state index is 12.3. The minimum absolute atomic E-state index is 0.0909. The lowest BCUT2D eigenvalue weighted by Gasteiger charge is -2.14. The number of nitrogens with one attached hydrogen (secondary N) is 1. The molecule has 1 aliphatic heterocycles. The lowest BCUT2D eigenvalue weighted by molar-refractivity contribution is -0.123. The molecule has 4 rings (SSSR count). The predicted octanol–water partition coefficient (Wildman–Crippen LogP) is 0.721. The lowest BCUT2D eigenvalue weighted by atomic mass is 9.85. The second-order valence-corrected chi connectivity index (χ2v) is 4.92. The van der Waals surface area contributed by atoms with Gasteiger partial charge in [-0.15, -0.1) is 0 Å². The predicted molar refractivity (Wildman–Crippen MR) is 58.8 cm³/mol. The SMILES string of the molecule is O=C1C2C3C=CC(C3)C2C(=O)N1c1ncc[nH]1. The Hall–Kier alpha value is -1.91. The first-order valence-corrected chi connectivity index (χ1v) is 5.83. The van der Waals surface area contributed by atoms with Crippen LogP contribution in [0.2, 0.25) is 0 Å². The summed E-state index contributed by atoms with van der Waals surface area (Å²) in [7, 11) is 0. The molecule has 4 atom stereocenters. The summed E-state index contributed by atoms with van der Waals surface area (Å²) in [6.07, 6.45) is 8.30. The summed E-state index contributed by atoms with van der Waals surface area (Å²) in [5.74, 6) is 0.375. The second kappa shape index (κ2) is 2.85. The highest BCUT2D eigenvalue weighted by Gasteiger charge is 2.60. The number of nitrogens with zero attached hydrogens (tertiary/aromatic N) is 2. The number of allylic oxidation sites excluding steroid dienone is 2. The third-order valence-corrected chi connectivity index (χ3v) is 4.17. The molecule has 3 aliphatic rings. The topological polar surface area (TPSA) is 66.1 Å². The molecule has 2 heterocycles. The quantitative estimate of drug-likeness (QED) is 0.570. The third-order valence-electron chi connectivity index (χ3n) is 4.17. The summed E-state index contributed by atoms with van der Waals surface area (Å²) in [5, 5.41) is 0. The number of H-pyrrole nitrogens is 1. The zero-order valence-corrected chi connectivity index (χ0v) is 9.04. The maximum atomic E-state index is 12.3. The van der Waals surface area contributed by atoms with Gasteiger partial charge >= 0.3 is 0 Å². The molecule has 5 nitrogen and oxygen atoms in total. The first-order valence-electron chi connectivity index (χ1n) is 5.83. The van der Waals surface area contributed by atoms with Crippen molar-refractivity contribution in [2.24, 2.45) is 23.7 Å². The molecule has 0 aromatic carbocycles. The highest BCUT2D eigenvalue weighted by atomic mass is 16.2. The van der Waals surface area contributed by atoms with Gasteiger partial charge in [0.2, 0.25) is 17.8 Å². The smallest absolute Gasteiger partial charge is 0.240 e. The Morgan fingerprint density at radius 2 is 1.82 bits per heavy atom. The van der Waals surface area contributed by atoms with Crippen molar-refractivity contribution in [2.75, 3.05) is 4.90 Å². The third kappa shape index (κ3) is 0.970. The Labute approximate surface area is 97.5 Å². The van der Waals surface area contributed by atoms with Gasteiger partial charge in [-0.3, -0.25) is 9.59 Å². The number of carbonyl (C=O) groups is 2. The van der Waals surface area contributed by atoms with E-state index in [0.29, 0.717) is 5.95 Å². The van der Waals surface area contributed by atoms with E-state index in [2.05, 4.69) is 22.1 Å². The zero-order chi connectivity index (χ0) is 11.6. The molecule has 2 fully saturated rings. The number of imide groups is 1. The fourth-order valence-electron chi connectivity index (χ4n) is 3.49. The minimum Gasteiger partial charge on any atom is -0.330 e. The summed E-state index contributed by atoms with van der Waals surface area (Å²) >= 11 is 0. The van der Waals surface area contributed by atoms with Crippen molar-refractivity contribution in [2.45, 2.75) is 6.42 Å². The number of hydrogen-bond donors (Lipinski definition) is 1. The standard InChI is InChI=1S/C12H11N3O2/c16-10-8-6-1-2-7(5-6)9(8)11(17)15(10)12-13-3-4-14-12/h1-4,6-9H,5H2,(H,13,14). The lowest BCUT2D eigenvalue weighted by Crippen LogP contribution is -2.33. The van der Waals surface area contributed by atoms with Crippen molar-refractivity contribution in [3.8, 4) is 0 Å². The summed E-state index contributed by atoms with van der Waals surface area (Å²) in [5.41, 5.74) is 0. The average molecular weight is 229 g/mol. The number of anilines is 1. The monoisotopic (exact) mass is 229 g/mol. The van der Waals surface area contributed by atoms with E-state index in [9.17, 15) is 9.59 Å². The normalized spacial score (nSPS) is 38.2. The van der Waals surface area contributed by atoms with Gasteiger partial charge in [0.15, 0.2) is 0 Å². The van der Waals surface area contributed by atoms with Crippen molar-refractivity contribution in [3.63, 3.8) is 0 Å². The largest absolute Gasteiger partial charge is 0.330 e. The van der Waals surface area contributed by atoms with Crippen LogP contribution in [-0.4, -0.2) is 21.8 Å². The minimum atomic E-state index is -0.150. The Bertz CT molecular complexity index is 504. The van der Waals surface area contributed by atoms with Gasteiger partial charge < -0.3 is 4.98 Å². The van der Waals surface area contributed by atoms with E-state index in [1.54, 1.807) is 12.4 Å². The molecule has 1 saturated carbocycles. The molecular formula is C12H11N3O2. The maximum Gasteiger partial charge on any atom is 0.240 e. The van der Waals surface area contributed by atoms with Gasteiger partial charge in [-0.2, -0.15) is 0 Å². The van der Waals surface area contributed by atoms with Crippen LogP contribution in [0.5, 0.6) is 0 Å². The Balaban J connectivity index is 1.79. The van der Waals surface area contributed by atoms with E-state index in [-0.39, 0.29) is 35.5 Å². The molecule has 1 saturated heterocycles. The molecule has 2 bridgehead atoms. The van der Waals surface area contributed by atoms with Gasteiger partial charge in [0, 0.05) is 12.4 Å². The first-order chi connectivity index (χ1) is 8.27. The number of fused-ring (bicyclic) bond motifs is 5. The number of hydrogen-bond acceptors (Lipinski definition) is 3. The van der Waals surface area contributed by atoms with E-state index in [4.69, 9.17) is 0 Å². The van der Waals surface area contributed by atoms with Crippen LogP contribution in [0.25, 0.3) is 0 Å². The van der Waals surface area contributed by atoms with Gasteiger partial charge in [0.05, 0.1) is 11.8 Å². The van der Waals surface area contributed by atoms with Crippen LogP contribution in [0, 0.1) is 23.7 Å². The van der Waals surface area contributed by atoms with E-state index in [1.165, 1.54) is 4.90 Å². The number of aromatic amines is 1. The fourth-order valence-corrected chi connectivity index (χ4v) is 3.49. The summed E-state index contributed by atoms with van der Waals surface area (Å²) < 4.78 is 0. The van der Waals surface area contributed by atoms with Crippen molar-refractivity contribution in [1.82, 2.24) is 9.97 Å². The highest BCUT2D eigenvalue weighted by molar-refractivity contribution is 6.21. The van der Waals surface area contributed by atoms with Crippen LogP contribution >= 0.6 is 0 Å². The molecule has 1 aromatic rings. The molecule has 1 aromatic heterocycles. The van der Waals surface area contributed by atoms with Crippen LogP contribution in [0.4, 0.5) is 5.95 Å². The molecule has 86 valence electrons. The molecule has 0 radical (unpaired) electrons. The number of aromatic nitrogens is 2. The summed E-state index contributed by atoms with van der Waals surface area (Å²) in [6, 6.07) is 0. The Morgan fingerprint density at radius 3 is 2.35 bits per heavy atom. The van der Waals surface area contributed by atoms with E-state index < -0.39 is 0 Å². The average Bonchev–Trinajstić information content (AvgIpc) is 3.03. The van der Waals surface area contributed by atoms with Crippen molar-refractivity contribution >= 4 is 17.8 Å². The van der Waals surface area contributed by atoms with E-state index in [1.807, 2.05) is 0 Å². The number of amides is 2. The van der Waals surface area contributed by atoms with Gasteiger partial charge in [-0.05, 0) is 18.3 Å². The van der Waals surface area contributed by atoms with Crippen LogP contribution in [0.3, 0.4) is 0 Å². The highest BCUT2D eigenvalue weighted by Crippen LogP contribution is 2.52. The van der Waals surface area contributed by atoms with Gasteiger partial charge in [0.1, 0.15) is 0 Å². The van der Waals surface area contributed by atoms with Crippen molar-refractivity contribution in [3.05, 3.63) is 24.5 Å². The molecular weight excluding hydrogens is 218 g/mol. The number of rotatable bonds is 1. The van der Waals surface area contributed by atoms with Crippen LogP contribution < -0.4 is 4.90 Å². The zero-order valence-electron chi connectivity index (χ0n) is 9.04. The van der Waals surface area contributed by atoms with Gasteiger partial charge in [0.25, 0.3) is 0 Å². The summed E-state index contributed by atoms with van der Waals surface area (Å²) in [4.78, 5) is 32.7. The molecule has 0 spiro atoms. The van der Waals surface area contributed by atoms with Crippen molar-refractivity contribution in [1.29, 1.82) is 0 Å². The van der Waals surface area contributed by atoms with Crippen LogP contribution in [0.1, 0.15) is 6.42 Å². The number of carbonyl (C=O) groups excluding carboxylic acids is 2. The molecule has 17 heavy (non-hydrogen) atoms. The molecule has 4 unspecified atom stereocenters. The molecule has 2 amide bonds. The number of imidazole rings is 1. The van der Waals surface area contributed by atoms with E-state index in [0.717, 1.165) is 6.42 Å². The van der Waals surface area contributed by atoms with Crippen molar-refractivity contribution < 1.29 is 9.59 Å². The Morgan fingerprint density at radius 1 is 1.18 bits per heavy atom. The van der Waals surface area contributed by atoms with Crippen LogP contribution in [-0.2, 0) is 9.59 Å². The van der Waals surface area contributed by atoms with Crippen LogP contribution in [0.15, 0.2) is 24.5 Å². The molecule has 5 heteroatoms. The van der Waals surface area contributed by atoms with Gasteiger partial charge in [-0.1, -0.05) is 12.2 Å². The first kappa shape index (κ1) is 9.15. The molecule has 1 N–H and O–H groups in total.